The molecule has 17 heteroatoms. The van der Waals surface area contributed by atoms with Crippen molar-refractivity contribution in [3.8, 4) is 28.2 Å². The second-order valence-corrected chi connectivity index (χ2v) is 19.4. The molecular formula is C52H54ClFN6O8S. The number of β-amino-alcohol motifs (C(OH)–C–C–N with tert-alkyl or cyclic N) is 1. The van der Waals surface area contributed by atoms with E-state index >= 15 is 4.39 Å². The number of carbonyl (C=O) groups is 4. The second kappa shape index (κ2) is 21.4. The van der Waals surface area contributed by atoms with Crippen LogP contribution in [0.2, 0.25) is 5.02 Å². The Balaban J connectivity index is 0.843. The molecule has 14 nitrogen and oxygen atoms in total. The standard InChI is InChI=1S/C52H54ClFN6O8S/c1-51(2,3)47(48(64)58-29-37(61)27-43(58)44(62)22-11-32-9-12-34(13-10-32)45-28-56-31-68-45)57-46(63)30-66-23-7-8-24-67-38-18-14-33(15-19-38)39-20-16-36(26-41(39)54)60-50(69)59(49(65)52(60,4)5)35-17-21-42(55-6)40(53)25-35/h9-10,12-21,25-26,28,31,37,43,47,61H,7-8,11,22-24,27,29-30H2,1-5H3,(H,57,63)/t37-,43+,47-/m1/s1. The molecule has 0 saturated carbocycles. The summed E-state index contributed by atoms with van der Waals surface area (Å²) in [6, 6.07) is 22.2. The quantitative estimate of drug-likeness (QED) is 0.0490. The van der Waals surface area contributed by atoms with E-state index in [4.69, 9.17) is 44.3 Å². The van der Waals surface area contributed by atoms with E-state index in [1.54, 1.807) is 67.4 Å². The summed E-state index contributed by atoms with van der Waals surface area (Å²) in [5, 5.41) is 13.7. The van der Waals surface area contributed by atoms with Crippen LogP contribution < -0.4 is 19.9 Å². The molecule has 3 amide bonds. The van der Waals surface area contributed by atoms with E-state index in [0.717, 1.165) is 11.1 Å². The van der Waals surface area contributed by atoms with Crippen molar-refractivity contribution in [3.63, 3.8) is 0 Å². The van der Waals surface area contributed by atoms with Crippen molar-refractivity contribution >= 4 is 69.5 Å². The molecule has 7 rings (SSSR count). The van der Waals surface area contributed by atoms with E-state index in [1.807, 2.05) is 45.0 Å². The van der Waals surface area contributed by atoms with Crippen molar-refractivity contribution in [1.29, 1.82) is 0 Å². The molecule has 0 bridgehead atoms. The van der Waals surface area contributed by atoms with Crippen LogP contribution in [0.3, 0.4) is 0 Å². The number of aliphatic hydroxyl groups is 1. The molecule has 0 unspecified atom stereocenters. The number of benzene rings is 4. The Morgan fingerprint density at radius 1 is 1.01 bits per heavy atom. The van der Waals surface area contributed by atoms with Gasteiger partial charge in [0.1, 0.15) is 29.8 Å². The molecule has 0 aliphatic carbocycles. The maximum absolute atomic E-state index is 15.8. The van der Waals surface area contributed by atoms with Crippen molar-refractivity contribution < 1.29 is 42.6 Å². The highest BCUT2D eigenvalue weighted by Crippen LogP contribution is 2.40. The van der Waals surface area contributed by atoms with Gasteiger partial charge in [-0.15, -0.1) is 0 Å². The SMILES string of the molecule is [C-]#[N+]c1ccc(N2C(=O)C(C)(C)N(c3ccc(-c4ccc(OCCCCOCC(=O)N[C@H](C(=O)N5C[C@H](O)C[C@H]5C(=O)CCc5ccc(-c6cnco6)cc5)C(C)(C)C)cc4)c(F)c3)C2=S)cc1Cl. The third-order valence-electron chi connectivity index (χ3n) is 12.2. The summed E-state index contributed by atoms with van der Waals surface area (Å²) in [6.45, 7) is 16.5. The van der Waals surface area contributed by atoms with Crippen LogP contribution >= 0.6 is 23.8 Å². The van der Waals surface area contributed by atoms with Gasteiger partial charge in [0.05, 0.1) is 37.2 Å². The van der Waals surface area contributed by atoms with E-state index in [0.29, 0.717) is 59.9 Å². The van der Waals surface area contributed by atoms with Crippen molar-refractivity contribution in [1.82, 2.24) is 15.2 Å². The number of aryl methyl sites for hydroxylation is 1. The van der Waals surface area contributed by atoms with Crippen molar-refractivity contribution in [3.05, 3.63) is 125 Å². The van der Waals surface area contributed by atoms with Gasteiger partial charge in [0, 0.05) is 47.8 Å². The molecule has 2 aliphatic heterocycles. The summed E-state index contributed by atoms with van der Waals surface area (Å²) in [5.41, 5.74) is 2.00. The average molecular weight is 978 g/mol. The van der Waals surface area contributed by atoms with Crippen LogP contribution in [0.4, 0.5) is 21.5 Å². The summed E-state index contributed by atoms with van der Waals surface area (Å²) >= 11 is 12.0. The molecule has 3 heterocycles. The Morgan fingerprint density at radius 3 is 2.36 bits per heavy atom. The summed E-state index contributed by atoms with van der Waals surface area (Å²) in [7, 11) is 0. The molecule has 360 valence electrons. The maximum Gasteiger partial charge on any atom is 0.259 e. The van der Waals surface area contributed by atoms with Gasteiger partial charge in [-0.25, -0.2) is 14.2 Å². The minimum atomic E-state index is -1.14. The van der Waals surface area contributed by atoms with Gasteiger partial charge in [-0.05, 0) is 104 Å². The number of anilines is 2. The van der Waals surface area contributed by atoms with Crippen LogP contribution in [0.5, 0.6) is 5.75 Å². The first-order chi connectivity index (χ1) is 32.9. The number of hydrogen-bond donors (Lipinski definition) is 2. The molecule has 4 aromatic carbocycles. The van der Waals surface area contributed by atoms with E-state index in [9.17, 15) is 24.3 Å². The van der Waals surface area contributed by atoms with E-state index < -0.39 is 46.8 Å². The Labute approximate surface area is 411 Å². The first-order valence-electron chi connectivity index (χ1n) is 22.6. The van der Waals surface area contributed by atoms with Gasteiger partial charge < -0.3 is 34.1 Å². The molecule has 2 N–H and O–H groups in total. The van der Waals surface area contributed by atoms with Gasteiger partial charge in [0.2, 0.25) is 17.5 Å². The van der Waals surface area contributed by atoms with Crippen LogP contribution in [0.15, 0.2) is 102 Å². The zero-order valence-electron chi connectivity index (χ0n) is 39.0. The lowest BCUT2D eigenvalue weighted by atomic mass is 9.85. The van der Waals surface area contributed by atoms with E-state index in [-0.39, 0.29) is 60.1 Å². The van der Waals surface area contributed by atoms with Crippen LogP contribution in [0.1, 0.15) is 65.9 Å². The lowest BCUT2D eigenvalue weighted by molar-refractivity contribution is -0.144. The number of ketones is 1. The van der Waals surface area contributed by atoms with Gasteiger partial charge >= 0.3 is 0 Å². The average Bonchev–Trinajstić information content (AvgIpc) is 4.04. The summed E-state index contributed by atoms with van der Waals surface area (Å²) in [5.74, 6) is -0.658. The second-order valence-electron chi connectivity index (χ2n) is 18.7. The molecular weight excluding hydrogens is 923 g/mol. The monoisotopic (exact) mass is 976 g/mol. The number of nitrogens with one attached hydrogen (secondary N) is 1. The molecule has 2 aliphatic rings. The predicted molar refractivity (Wildman–Crippen MR) is 265 cm³/mol. The summed E-state index contributed by atoms with van der Waals surface area (Å²) in [4.78, 5) is 65.8. The first-order valence-corrected chi connectivity index (χ1v) is 23.4. The normalized spacial score (nSPS) is 17.2. The Morgan fingerprint density at radius 2 is 1.71 bits per heavy atom. The van der Waals surface area contributed by atoms with Gasteiger partial charge in [-0.2, -0.15) is 0 Å². The van der Waals surface area contributed by atoms with Gasteiger partial charge in [0.25, 0.3) is 5.91 Å². The number of amides is 3. The number of likely N-dealkylation sites (tertiary alicyclic amines) is 1. The fourth-order valence-corrected chi connectivity index (χ4v) is 9.20. The predicted octanol–water partition coefficient (Wildman–Crippen LogP) is 9.14. The van der Waals surface area contributed by atoms with Gasteiger partial charge in [0.15, 0.2) is 23.0 Å². The third-order valence-corrected chi connectivity index (χ3v) is 12.9. The zero-order chi connectivity index (χ0) is 49.6. The largest absolute Gasteiger partial charge is 0.494 e. The third kappa shape index (κ3) is 11.5. The molecule has 1 aromatic heterocycles. The Hall–Kier alpha value is -6.51. The molecule has 0 spiro atoms. The number of ether oxygens (including phenoxy) is 2. The molecule has 2 fully saturated rings. The van der Waals surface area contributed by atoms with Crippen molar-refractivity contribution in [2.24, 2.45) is 5.41 Å². The number of unbranched alkanes of at least 4 members (excludes halogenated alkanes) is 1. The van der Waals surface area contributed by atoms with Crippen molar-refractivity contribution in [2.75, 3.05) is 36.2 Å². The van der Waals surface area contributed by atoms with E-state index in [2.05, 4.69) is 15.1 Å². The smallest absolute Gasteiger partial charge is 0.259 e. The number of rotatable bonds is 18. The minimum absolute atomic E-state index is 0.00179. The zero-order valence-corrected chi connectivity index (χ0v) is 40.6. The van der Waals surface area contributed by atoms with Crippen LogP contribution in [0.25, 0.3) is 27.3 Å². The summed E-state index contributed by atoms with van der Waals surface area (Å²) in [6.07, 6.45) is 4.12. The van der Waals surface area contributed by atoms with Crippen LogP contribution in [0, 0.1) is 17.8 Å². The molecule has 2 saturated heterocycles. The van der Waals surface area contributed by atoms with Gasteiger partial charge in [-0.1, -0.05) is 74.8 Å². The molecule has 69 heavy (non-hydrogen) atoms. The Bertz CT molecular complexity index is 2740. The lowest BCUT2D eigenvalue weighted by Gasteiger charge is -2.35. The number of aromatic nitrogens is 1. The number of aliphatic hydroxyl groups excluding tert-OH is 1. The number of oxazole rings is 1. The number of Topliss-reactive ketones (excluding diaryl/α,β-unsaturated/α-hetero) is 1. The summed E-state index contributed by atoms with van der Waals surface area (Å²) < 4.78 is 32.7. The topological polar surface area (TPSA) is 159 Å². The Kier molecular flexibility index (Phi) is 15.6. The van der Waals surface area contributed by atoms with E-state index in [1.165, 1.54) is 34.4 Å². The molecule has 3 atom stereocenters. The highest BCUT2D eigenvalue weighted by molar-refractivity contribution is 7.81. The fourth-order valence-electron chi connectivity index (χ4n) is 8.46. The number of thiocarbonyl (C=S) groups is 1. The maximum atomic E-state index is 15.8. The van der Waals surface area contributed by atoms with Crippen LogP contribution in [-0.4, -0.2) is 93.7 Å². The highest BCUT2D eigenvalue weighted by Gasteiger charge is 2.50. The number of nitrogens with zero attached hydrogens (tertiary/aromatic N) is 5. The van der Waals surface area contributed by atoms with Crippen molar-refractivity contribution in [2.45, 2.75) is 90.4 Å². The van der Waals surface area contributed by atoms with Crippen LogP contribution in [-0.2, 0) is 30.3 Å². The first kappa shape index (κ1) is 50.4. The molecule has 0 radical (unpaired) electrons. The fraction of sp³-hybridized carbons (Fsp3) is 0.365. The number of hydrogen-bond acceptors (Lipinski definition) is 10. The lowest BCUT2D eigenvalue weighted by Crippen LogP contribution is -2.57. The van der Waals surface area contributed by atoms with Gasteiger partial charge in [-0.3, -0.25) is 24.1 Å². The number of halogens is 2. The highest BCUT2D eigenvalue weighted by atomic mass is 35.5. The number of carbonyl (C=O) groups excluding carboxylic acids is 4. The minimum Gasteiger partial charge on any atom is -0.494 e. The molecule has 5 aromatic rings.